The average molecular weight is 170 g/mol. The van der Waals surface area contributed by atoms with Crippen molar-refractivity contribution in [2.45, 2.75) is 60.8 Å². The van der Waals surface area contributed by atoms with E-state index in [1.165, 1.54) is 24.8 Å². The predicted molar refractivity (Wildman–Crippen MR) is 59.5 cm³/mol. The molecule has 0 aliphatic heterocycles. The third-order valence-electron chi connectivity index (χ3n) is 2.01. The van der Waals surface area contributed by atoms with Crippen LogP contribution in [0.2, 0.25) is 0 Å². The van der Waals surface area contributed by atoms with Crippen LogP contribution in [0.5, 0.6) is 0 Å². The molecule has 0 aliphatic rings. The van der Waals surface area contributed by atoms with Gasteiger partial charge in [-0.15, -0.1) is 0 Å². The first-order chi connectivity index (χ1) is 5.58. The Kier molecular flexibility index (Phi) is 12.8. The topological polar surface area (TPSA) is 0 Å². The molecule has 0 unspecified atom stereocenters. The van der Waals surface area contributed by atoms with Crippen LogP contribution >= 0.6 is 0 Å². The summed E-state index contributed by atoms with van der Waals surface area (Å²) in [6.07, 6.45) is 6.04. The number of allylic oxidation sites excluding steroid dienone is 2. The SMILES string of the molecule is CCC(C)CC.CCC=C(C)C. The summed E-state index contributed by atoms with van der Waals surface area (Å²) in [5.74, 6) is 0.935. The van der Waals surface area contributed by atoms with Gasteiger partial charge in [0.2, 0.25) is 0 Å². The predicted octanol–water partition coefficient (Wildman–Crippen LogP) is 4.81. The molecular formula is C12H26. The fourth-order valence-corrected chi connectivity index (χ4v) is 0.697. The Morgan fingerprint density at radius 2 is 1.50 bits per heavy atom. The Morgan fingerprint density at radius 3 is 1.50 bits per heavy atom. The van der Waals surface area contributed by atoms with Crippen LogP contribution in [-0.2, 0) is 0 Å². The fourth-order valence-electron chi connectivity index (χ4n) is 0.697. The van der Waals surface area contributed by atoms with Gasteiger partial charge in [0.05, 0.1) is 0 Å². The van der Waals surface area contributed by atoms with Gasteiger partial charge in [-0.2, -0.15) is 0 Å². The minimum atomic E-state index is 0.935. The summed E-state index contributed by atoms with van der Waals surface area (Å²) >= 11 is 0. The highest BCUT2D eigenvalue weighted by atomic mass is 13.9. The molecule has 0 amide bonds. The molecule has 0 aromatic heterocycles. The fraction of sp³-hybridized carbons (Fsp3) is 0.833. The van der Waals surface area contributed by atoms with Crippen LogP contribution in [0.1, 0.15) is 60.8 Å². The van der Waals surface area contributed by atoms with Gasteiger partial charge in [-0.05, 0) is 26.2 Å². The molecule has 0 saturated heterocycles. The zero-order valence-corrected chi connectivity index (χ0v) is 9.78. The molecule has 0 aromatic rings. The van der Waals surface area contributed by atoms with Gasteiger partial charge in [-0.25, -0.2) is 0 Å². The van der Waals surface area contributed by atoms with Gasteiger partial charge in [0.25, 0.3) is 0 Å². The number of hydrogen-bond donors (Lipinski definition) is 0. The van der Waals surface area contributed by atoms with Gasteiger partial charge >= 0.3 is 0 Å². The molecule has 0 saturated carbocycles. The lowest BCUT2D eigenvalue weighted by Gasteiger charge is -1.98. The first kappa shape index (κ1) is 14.3. The quantitative estimate of drug-likeness (QED) is 0.533. The molecule has 0 aromatic carbocycles. The van der Waals surface area contributed by atoms with Crippen LogP contribution in [0.4, 0.5) is 0 Å². The van der Waals surface area contributed by atoms with Gasteiger partial charge in [0, 0.05) is 0 Å². The van der Waals surface area contributed by atoms with Crippen LogP contribution in [-0.4, -0.2) is 0 Å². The van der Waals surface area contributed by atoms with Crippen molar-refractivity contribution < 1.29 is 0 Å². The van der Waals surface area contributed by atoms with E-state index in [4.69, 9.17) is 0 Å². The average Bonchev–Trinajstić information content (AvgIpc) is 2.04. The molecule has 0 heterocycles. The van der Waals surface area contributed by atoms with Crippen LogP contribution in [0, 0.1) is 5.92 Å². The summed E-state index contributed by atoms with van der Waals surface area (Å²) in [6.45, 7) is 13.1. The van der Waals surface area contributed by atoms with E-state index >= 15 is 0 Å². The lowest BCUT2D eigenvalue weighted by Crippen LogP contribution is -1.85. The van der Waals surface area contributed by atoms with Crippen LogP contribution in [0.25, 0.3) is 0 Å². The van der Waals surface area contributed by atoms with Gasteiger partial charge in [0.1, 0.15) is 0 Å². The summed E-state index contributed by atoms with van der Waals surface area (Å²) < 4.78 is 0. The lowest BCUT2D eigenvalue weighted by molar-refractivity contribution is 0.544. The van der Waals surface area contributed by atoms with Crippen molar-refractivity contribution in [1.82, 2.24) is 0 Å². The van der Waals surface area contributed by atoms with Gasteiger partial charge < -0.3 is 0 Å². The van der Waals surface area contributed by atoms with Crippen molar-refractivity contribution in [3.05, 3.63) is 11.6 Å². The normalized spacial score (nSPS) is 8.92. The Bertz CT molecular complexity index is 92.6. The van der Waals surface area contributed by atoms with Crippen LogP contribution in [0.15, 0.2) is 11.6 Å². The number of hydrogen-bond acceptors (Lipinski definition) is 0. The molecule has 0 aliphatic carbocycles. The second-order valence-corrected chi connectivity index (χ2v) is 3.61. The summed E-state index contributed by atoms with van der Waals surface area (Å²) in [4.78, 5) is 0. The molecule has 0 fully saturated rings. The second kappa shape index (κ2) is 10.7. The van der Waals surface area contributed by atoms with Crippen molar-refractivity contribution in [1.29, 1.82) is 0 Å². The maximum Gasteiger partial charge on any atom is -0.0377 e. The third-order valence-corrected chi connectivity index (χ3v) is 2.01. The lowest BCUT2D eigenvalue weighted by atomic mass is 10.1. The molecule has 74 valence electrons. The van der Waals surface area contributed by atoms with E-state index in [0.29, 0.717) is 0 Å². The molecule has 0 bridgehead atoms. The smallest absolute Gasteiger partial charge is 0.0377 e. The highest BCUT2D eigenvalue weighted by Crippen LogP contribution is 2.02. The van der Waals surface area contributed by atoms with Crippen molar-refractivity contribution >= 4 is 0 Å². The molecule has 0 atom stereocenters. The minimum Gasteiger partial charge on any atom is -0.0862 e. The van der Waals surface area contributed by atoms with Crippen molar-refractivity contribution in [2.75, 3.05) is 0 Å². The first-order valence-electron chi connectivity index (χ1n) is 5.21. The molecule has 12 heavy (non-hydrogen) atoms. The summed E-state index contributed by atoms with van der Waals surface area (Å²) in [7, 11) is 0. The highest BCUT2D eigenvalue weighted by Gasteiger charge is 1.88. The Labute approximate surface area is 79.1 Å². The molecule has 0 radical (unpaired) electrons. The van der Waals surface area contributed by atoms with E-state index in [1.807, 2.05) is 0 Å². The van der Waals surface area contributed by atoms with Crippen molar-refractivity contribution in [3.8, 4) is 0 Å². The van der Waals surface area contributed by atoms with Gasteiger partial charge in [0.15, 0.2) is 0 Å². The van der Waals surface area contributed by atoms with Gasteiger partial charge in [-0.1, -0.05) is 52.2 Å². The second-order valence-electron chi connectivity index (χ2n) is 3.61. The molecule has 0 spiro atoms. The van der Waals surface area contributed by atoms with E-state index in [2.05, 4.69) is 47.6 Å². The minimum absolute atomic E-state index is 0.935. The monoisotopic (exact) mass is 170 g/mol. The Morgan fingerprint density at radius 1 is 1.08 bits per heavy atom. The Hall–Kier alpha value is -0.260. The standard InChI is InChI=1S/C6H12.C6H14/c1-4-5-6(2)3;1-4-6(3)5-2/h5H,4H2,1-3H3;6H,4-5H2,1-3H3. The molecule has 0 heteroatoms. The third kappa shape index (κ3) is 16.4. The van der Waals surface area contributed by atoms with E-state index < -0.39 is 0 Å². The van der Waals surface area contributed by atoms with Crippen LogP contribution < -0.4 is 0 Å². The summed E-state index contributed by atoms with van der Waals surface area (Å²) in [5, 5.41) is 0. The highest BCUT2D eigenvalue weighted by molar-refractivity contribution is 4.91. The van der Waals surface area contributed by atoms with Crippen molar-refractivity contribution in [3.63, 3.8) is 0 Å². The van der Waals surface area contributed by atoms with E-state index in [1.54, 1.807) is 0 Å². The zero-order chi connectivity index (χ0) is 9.98. The summed E-state index contributed by atoms with van der Waals surface area (Å²) in [6, 6.07) is 0. The van der Waals surface area contributed by atoms with Gasteiger partial charge in [-0.3, -0.25) is 0 Å². The molecule has 0 rings (SSSR count). The van der Waals surface area contributed by atoms with E-state index in [0.717, 1.165) is 5.92 Å². The first-order valence-corrected chi connectivity index (χ1v) is 5.21. The molecular weight excluding hydrogens is 144 g/mol. The van der Waals surface area contributed by atoms with Crippen LogP contribution in [0.3, 0.4) is 0 Å². The van der Waals surface area contributed by atoms with E-state index in [-0.39, 0.29) is 0 Å². The molecule has 0 nitrogen and oxygen atoms in total. The Balaban J connectivity index is 0. The van der Waals surface area contributed by atoms with E-state index in [9.17, 15) is 0 Å². The molecule has 0 N–H and O–H groups in total. The van der Waals surface area contributed by atoms with Crippen molar-refractivity contribution in [2.24, 2.45) is 5.92 Å². The maximum absolute atomic E-state index is 2.28. The number of rotatable bonds is 3. The maximum atomic E-state index is 2.28. The zero-order valence-electron chi connectivity index (χ0n) is 9.78. The largest absolute Gasteiger partial charge is 0.0862 e. The summed E-state index contributed by atoms with van der Waals surface area (Å²) in [5.41, 5.74) is 1.41.